The molecule has 0 radical (unpaired) electrons. The van der Waals surface area contributed by atoms with Gasteiger partial charge in [-0.2, -0.15) is 0 Å². The summed E-state index contributed by atoms with van der Waals surface area (Å²) in [7, 11) is 0. The predicted molar refractivity (Wildman–Crippen MR) is 63.5 cm³/mol. The van der Waals surface area contributed by atoms with Crippen molar-refractivity contribution in [2.24, 2.45) is 0 Å². The SMILES string of the molecule is Cc1cc(F)c(Br)cc1-c1ccc(C(=O)O)o1. The number of aromatic carboxylic acids is 1. The van der Waals surface area contributed by atoms with Crippen LogP contribution in [0.25, 0.3) is 11.3 Å². The monoisotopic (exact) mass is 298 g/mol. The van der Waals surface area contributed by atoms with Crippen molar-refractivity contribution in [1.82, 2.24) is 0 Å². The predicted octanol–water partition coefficient (Wildman–Crippen LogP) is 3.85. The fourth-order valence-corrected chi connectivity index (χ4v) is 1.85. The van der Waals surface area contributed by atoms with Crippen LogP contribution >= 0.6 is 15.9 Å². The van der Waals surface area contributed by atoms with E-state index in [0.717, 1.165) is 0 Å². The number of carboxylic acid groups (broad SMARTS) is 1. The minimum atomic E-state index is -1.13. The zero-order chi connectivity index (χ0) is 12.6. The third-order valence-corrected chi connectivity index (χ3v) is 2.96. The molecular weight excluding hydrogens is 291 g/mol. The second kappa shape index (κ2) is 4.33. The van der Waals surface area contributed by atoms with Crippen molar-refractivity contribution < 1.29 is 18.7 Å². The summed E-state index contributed by atoms with van der Waals surface area (Å²) in [5.74, 6) is -1.23. The van der Waals surface area contributed by atoms with E-state index in [4.69, 9.17) is 9.52 Å². The van der Waals surface area contributed by atoms with E-state index in [9.17, 15) is 9.18 Å². The maximum absolute atomic E-state index is 13.2. The summed E-state index contributed by atoms with van der Waals surface area (Å²) in [4.78, 5) is 10.7. The van der Waals surface area contributed by atoms with Gasteiger partial charge < -0.3 is 9.52 Å². The van der Waals surface area contributed by atoms with Crippen LogP contribution in [0.4, 0.5) is 4.39 Å². The Kier molecular flexibility index (Phi) is 3.02. The Morgan fingerprint density at radius 1 is 1.41 bits per heavy atom. The van der Waals surface area contributed by atoms with E-state index < -0.39 is 5.97 Å². The first-order valence-corrected chi connectivity index (χ1v) is 5.57. The van der Waals surface area contributed by atoms with Crippen molar-refractivity contribution in [3.63, 3.8) is 0 Å². The lowest BCUT2D eigenvalue weighted by Gasteiger charge is -2.04. The average Bonchev–Trinajstić information content (AvgIpc) is 2.72. The number of aryl methyl sites for hydroxylation is 1. The van der Waals surface area contributed by atoms with E-state index in [1.807, 2.05) is 0 Å². The third-order valence-electron chi connectivity index (χ3n) is 2.35. The van der Waals surface area contributed by atoms with Crippen LogP contribution < -0.4 is 0 Å². The Morgan fingerprint density at radius 3 is 2.71 bits per heavy atom. The highest BCUT2D eigenvalue weighted by Gasteiger charge is 2.13. The topological polar surface area (TPSA) is 50.4 Å². The van der Waals surface area contributed by atoms with E-state index in [1.165, 1.54) is 12.1 Å². The van der Waals surface area contributed by atoms with E-state index in [-0.39, 0.29) is 11.6 Å². The molecule has 0 aliphatic rings. The zero-order valence-corrected chi connectivity index (χ0v) is 10.4. The number of carboxylic acids is 1. The molecule has 0 saturated heterocycles. The highest BCUT2D eigenvalue weighted by atomic mass is 79.9. The molecule has 1 aromatic carbocycles. The zero-order valence-electron chi connectivity index (χ0n) is 8.83. The van der Waals surface area contributed by atoms with Crippen molar-refractivity contribution in [3.8, 4) is 11.3 Å². The fraction of sp³-hybridized carbons (Fsp3) is 0.0833. The summed E-state index contributed by atoms with van der Waals surface area (Å²) in [5.41, 5.74) is 1.34. The summed E-state index contributed by atoms with van der Waals surface area (Å²) < 4.78 is 18.7. The Morgan fingerprint density at radius 2 is 2.12 bits per heavy atom. The molecule has 0 saturated carbocycles. The van der Waals surface area contributed by atoms with Gasteiger partial charge in [0.05, 0.1) is 4.47 Å². The molecule has 3 nitrogen and oxygen atoms in total. The van der Waals surface area contributed by atoms with Gasteiger partial charge in [-0.1, -0.05) is 0 Å². The molecule has 5 heteroatoms. The molecule has 0 amide bonds. The van der Waals surface area contributed by atoms with Gasteiger partial charge in [-0.15, -0.1) is 0 Å². The highest BCUT2D eigenvalue weighted by molar-refractivity contribution is 9.10. The molecule has 0 bridgehead atoms. The van der Waals surface area contributed by atoms with Crippen molar-refractivity contribution in [1.29, 1.82) is 0 Å². The van der Waals surface area contributed by atoms with Gasteiger partial charge >= 0.3 is 5.97 Å². The number of furan rings is 1. The summed E-state index contributed by atoms with van der Waals surface area (Å²) in [6, 6.07) is 5.85. The lowest BCUT2D eigenvalue weighted by Crippen LogP contribution is -1.91. The van der Waals surface area contributed by atoms with Crippen molar-refractivity contribution in [3.05, 3.63) is 45.9 Å². The van der Waals surface area contributed by atoms with Crippen LogP contribution in [-0.2, 0) is 0 Å². The second-order valence-corrected chi connectivity index (χ2v) is 4.40. The van der Waals surface area contributed by atoms with Crippen molar-refractivity contribution in [2.75, 3.05) is 0 Å². The molecule has 2 rings (SSSR count). The number of rotatable bonds is 2. The molecule has 0 aliphatic carbocycles. The largest absolute Gasteiger partial charge is 0.475 e. The van der Waals surface area contributed by atoms with Gasteiger partial charge in [0.2, 0.25) is 5.76 Å². The molecule has 1 heterocycles. The standard InChI is InChI=1S/C12H8BrFO3/c1-6-4-9(14)8(13)5-7(6)10-2-3-11(17-10)12(15)16/h2-5H,1H3,(H,15,16). The molecule has 0 atom stereocenters. The van der Waals surface area contributed by atoms with Crippen LogP contribution in [0.3, 0.4) is 0 Å². The molecule has 1 N–H and O–H groups in total. The van der Waals surface area contributed by atoms with Gasteiger partial charge in [0.1, 0.15) is 11.6 Å². The molecular formula is C12H8BrFO3. The first kappa shape index (κ1) is 11.9. The molecule has 1 aromatic heterocycles. The van der Waals surface area contributed by atoms with Gasteiger partial charge in [0.15, 0.2) is 0 Å². The highest BCUT2D eigenvalue weighted by Crippen LogP contribution is 2.30. The molecule has 0 fully saturated rings. The first-order valence-electron chi connectivity index (χ1n) is 4.78. The Labute approximate surface area is 105 Å². The number of halogens is 2. The molecule has 2 aromatic rings. The van der Waals surface area contributed by atoms with Gasteiger partial charge in [-0.25, -0.2) is 9.18 Å². The van der Waals surface area contributed by atoms with Crippen molar-refractivity contribution >= 4 is 21.9 Å². The maximum atomic E-state index is 13.2. The molecule has 17 heavy (non-hydrogen) atoms. The number of hydrogen-bond donors (Lipinski definition) is 1. The van der Waals surface area contributed by atoms with Gasteiger partial charge in [0.25, 0.3) is 0 Å². The van der Waals surface area contributed by atoms with Crippen LogP contribution in [0.1, 0.15) is 16.1 Å². The molecule has 88 valence electrons. The quantitative estimate of drug-likeness (QED) is 0.916. The van der Waals surface area contributed by atoms with Gasteiger partial charge in [-0.3, -0.25) is 0 Å². The van der Waals surface area contributed by atoms with Crippen LogP contribution in [0, 0.1) is 12.7 Å². The first-order chi connectivity index (χ1) is 7.99. The van der Waals surface area contributed by atoms with Crippen LogP contribution in [0.5, 0.6) is 0 Å². The van der Waals surface area contributed by atoms with Gasteiger partial charge in [0, 0.05) is 5.56 Å². The lowest BCUT2D eigenvalue weighted by molar-refractivity contribution is 0.0663. The fourth-order valence-electron chi connectivity index (χ4n) is 1.51. The lowest BCUT2D eigenvalue weighted by atomic mass is 10.1. The third kappa shape index (κ3) is 2.24. The average molecular weight is 299 g/mol. The van der Waals surface area contributed by atoms with E-state index in [1.54, 1.807) is 19.1 Å². The van der Waals surface area contributed by atoms with Crippen LogP contribution in [-0.4, -0.2) is 11.1 Å². The molecule has 0 spiro atoms. The van der Waals surface area contributed by atoms with Crippen molar-refractivity contribution in [2.45, 2.75) is 6.92 Å². The summed E-state index contributed by atoms with van der Waals surface area (Å²) in [5, 5.41) is 8.75. The minimum absolute atomic E-state index is 0.139. The summed E-state index contributed by atoms with van der Waals surface area (Å²) >= 11 is 3.08. The molecule has 0 unspecified atom stereocenters. The smallest absolute Gasteiger partial charge is 0.371 e. The summed E-state index contributed by atoms with van der Waals surface area (Å²) in [6.07, 6.45) is 0. The van der Waals surface area contributed by atoms with Crippen LogP contribution in [0.2, 0.25) is 0 Å². The number of hydrogen-bond acceptors (Lipinski definition) is 2. The van der Waals surface area contributed by atoms with Crippen LogP contribution in [0.15, 0.2) is 33.2 Å². The minimum Gasteiger partial charge on any atom is -0.475 e. The number of benzene rings is 1. The number of carbonyl (C=O) groups is 1. The Balaban J connectivity index is 2.52. The Bertz CT molecular complexity index is 589. The maximum Gasteiger partial charge on any atom is 0.371 e. The van der Waals surface area contributed by atoms with E-state index in [2.05, 4.69) is 15.9 Å². The second-order valence-electron chi connectivity index (χ2n) is 3.55. The van der Waals surface area contributed by atoms with Gasteiger partial charge in [-0.05, 0) is 52.7 Å². The molecule has 0 aliphatic heterocycles. The van der Waals surface area contributed by atoms with E-state index >= 15 is 0 Å². The summed E-state index contributed by atoms with van der Waals surface area (Å²) in [6.45, 7) is 1.73. The van der Waals surface area contributed by atoms with E-state index in [0.29, 0.717) is 21.4 Å². The Hall–Kier alpha value is -1.62. The normalized spacial score (nSPS) is 10.5.